The summed E-state index contributed by atoms with van der Waals surface area (Å²) in [5.41, 5.74) is 5.49. The average Bonchev–Trinajstić information content (AvgIpc) is 3.13. The van der Waals surface area contributed by atoms with Crippen molar-refractivity contribution >= 4 is 50.9 Å². The van der Waals surface area contributed by atoms with Gasteiger partial charge in [-0.25, -0.2) is 19.9 Å². The molecule has 0 amide bonds. The van der Waals surface area contributed by atoms with E-state index in [-0.39, 0.29) is 0 Å². The zero-order chi connectivity index (χ0) is 30.1. The lowest BCUT2D eigenvalue weighted by molar-refractivity contribution is 1.29. The van der Waals surface area contributed by atoms with Gasteiger partial charge in [0.2, 0.25) is 0 Å². The molecule has 212 valence electrons. The maximum absolute atomic E-state index is 4.86. The lowest BCUT2D eigenvalue weighted by atomic mass is 10.1. The van der Waals surface area contributed by atoms with Crippen LogP contribution in [-0.4, -0.2) is 28.0 Å². The number of rotatable bonds is 6. The fourth-order valence-corrected chi connectivity index (χ4v) is 11.1. The normalized spacial score (nSPS) is 11.6. The maximum Gasteiger partial charge on any atom is 0.179 e. The van der Waals surface area contributed by atoms with Crippen LogP contribution in [0.25, 0.3) is 44.6 Å². The Morgan fingerprint density at radius 3 is 1.16 bits per heavy atom. The Bertz CT molecular complexity index is 2090. The third-order valence-corrected chi connectivity index (χ3v) is 13.4. The number of fused-ring (bicyclic) bond motifs is 2. The number of benzene rings is 4. The first-order chi connectivity index (χ1) is 22.3. The molecule has 8 rings (SSSR count). The van der Waals surface area contributed by atoms with E-state index in [4.69, 9.17) is 9.97 Å². The van der Waals surface area contributed by atoms with Gasteiger partial charge in [0, 0.05) is 34.3 Å². The van der Waals surface area contributed by atoms with Gasteiger partial charge in [-0.3, -0.25) is 0 Å². The van der Waals surface area contributed by atoms with Gasteiger partial charge in [-0.05, 0) is 69.3 Å². The molecular weight excluding hydrogens is 565 g/mol. The van der Waals surface area contributed by atoms with Gasteiger partial charge >= 0.3 is 0 Å². The minimum atomic E-state index is -2.70. The minimum absolute atomic E-state index is 0.758. The van der Waals surface area contributed by atoms with Gasteiger partial charge in [0.1, 0.15) is 0 Å². The summed E-state index contributed by atoms with van der Waals surface area (Å²) < 4.78 is 0. The summed E-state index contributed by atoms with van der Waals surface area (Å²) in [5.74, 6) is 0. The summed E-state index contributed by atoms with van der Waals surface area (Å²) in [5, 5.41) is 7.36. The van der Waals surface area contributed by atoms with Crippen molar-refractivity contribution in [3.63, 3.8) is 0 Å². The van der Waals surface area contributed by atoms with Crippen molar-refractivity contribution in [2.75, 3.05) is 0 Å². The van der Waals surface area contributed by atoms with Crippen LogP contribution >= 0.6 is 0 Å². The van der Waals surface area contributed by atoms with Gasteiger partial charge < -0.3 is 0 Å². The van der Waals surface area contributed by atoms with Gasteiger partial charge in [0.15, 0.2) is 19.4 Å². The molecule has 0 fully saturated rings. The van der Waals surface area contributed by atoms with E-state index in [1.165, 1.54) is 20.7 Å². The van der Waals surface area contributed by atoms with Crippen LogP contribution in [0.4, 0.5) is 0 Å². The predicted molar refractivity (Wildman–Crippen MR) is 187 cm³/mol. The molecule has 4 heterocycles. The topological polar surface area (TPSA) is 51.6 Å². The largest absolute Gasteiger partial charge is 0.237 e. The zero-order valence-corrected chi connectivity index (χ0v) is 25.5. The lowest BCUT2D eigenvalue weighted by Crippen LogP contribution is -2.74. The summed E-state index contributed by atoms with van der Waals surface area (Å²) in [4.78, 5) is 18.7. The Labute approximate surface area is 262 Å². The van der Waals surface area contributed by atoms with Crippen LogP contribution in [0.1, 0.15) is 0 Å². The van der Waals surface area contributed by atoms with Crippen LogP contribution in [0.15, 0.2) is 170 Å². The summed E-state index contributed by atoms with van der Waals surface area (Å²) in [6.07, 6.45) is 3.58. The van der Waals surface area contributed by atoms with Crippen molar-refractivity contribution in [1.29, 1.82) is 0 Å². The van der Waals surface area contributed by atoms with E-state index in [1.54, 1.807) is 12.4 Å². The van der Waals surface area contributed by atoms with Crippen LogP contribution in [-0.2, 0) is 0 Å². The maximum atomic E-state index is 4.86. The average molecular weight is 593 g/mol. The second-order valence-electron chi connectivity index (χ2n) is 11.1. The Morgan fingerprint density at radius 2 is 0.733 bits per heavy atom. The molecular formula is C40H28N4Si. The monoisotopic (exact) mass is 592 g/mol. The molecule has 0 unspecified atom stereocenters. The van der Waals surface area contributed by atoms with Crippen LogP contribution in [0.5, 0.6) is 0 Å². The molecule has 0 saturated carbocycles. The van der Waals surface area contributed by atoms with Gasteiger partial charge in [-0.2, -0.15) is 0 Å². The molecule has 0 aliphatic rings. The van der Waals surface area contributed by atoms with E-state index in [1.807, 2.05) is 24.3 Å². The van der Waals surface area contributed by atoms with Crippen LogP contribution in [0.3, 0.4) is 0 Å². The smallest absolute Gasteiger partial charge is 0.179 e. The summed E-state index contributed by atoms with van der Waals surface area (Å²) in [7, 11) is -2.70. The van der Waals surface area contributed by atoms with Crippen molar-refractivity contribution in [3.8, 4) is 22.5 Å². The second-order valence-corrected chi connectivity index (χ2v) is 14.9. The molecule has 0 aliphatic heterocycles. The number of aromatic nitrogens is 4. The molecule has 8 aromatic rings. The molecule has 0 N–H and O–H groups in total. The number of hydrogen-bond acceptors (Lipinski definition) is 4. The van der Waals surface area contributed by atoms with Gasteiger partial charge in [0.05, 0.1) is 11.4 Å². The summed E-state index contributed by atoms with van der Waals surface area (Å²) in [6, 6.07) is 56.3. The molecule has 0 saturated heterocycles. The van der Waals surface area contributed by atoms with E-state index in [9.17, 15) is 0 Å². The first kappa shape index (κ1) is 26.8. The molecule has 4 aromatic carbocycles. The van der Waals surface area contributed by atoms with Gasteiger partial charge in [-0.15, -0.1) is 0 Å². The van der Waals surface area contributed by atoms with Crippen LogP contribution < -0.4 is 20.7 Å². The first-order valence-corrected chi connectivity index (χ1v) is 17.1. The molecule has 0 bridgehead atoms. The fourth-order valence-electron chi connectivity index (χ4n) is 6.39. The molecule has 0 radical (unpaired) electrons. The van der Waals surface area contributed by atoms with Crippen molar-refractivity contribution in [3.05, 3.63) is 170 Å². The highest BCUT2D eigenvalue weighted by Gasteiger charge is 2.41. The minimum Gasteiger partial charge on any atom is -0.237 e. The highest BCUT2D eigenvalue weighted by molar-refractivity contribution is 7.19. The first-order valence-electron chi connectivity index (χ1n) is 15.1. The molecule has 4 aromatic heterocycles. The van der Waals surface area contributed by atoms with E-state index in [2.05, 4.69) is 143 Å². The van der Waals surface area contributed by atoms with Gasteiger partial charge in [0.25, 0.3) is 0 Å². The quantitative estimate of drug-likeness (QED) is 0.168. The fraction of sp³-hybridized carbons (Fsp3) is 0. The van der Waals surface area contributed by atoms with Crippen LogP contribution in [0.2, 0.25) is 0 Å². The summed E-state index contributed by atoms with van der Waals surface area (Å²) >= 11 is 0. The van der Waals surface area contributed by atoms with E-state index < -0.39 is 8.07 Å². The number of pyridine rings is 4. The molecule has 45 heavy (non-hydrogen) atoms. The van der Waals surface area contributed by atoms with E-state index >= 15 is 0 Å². The SMILES string of the molecule is c1ccc([Si](c2ccccc2)(c2ccc(-c3ccc4cccnc4n3)cc2)c2ccc(-c3ccc4cccnc4n3)cc2)cc1. The molecule has 0 aliphatic carbocycles. The standard InChI is InChI=1S/C40H28N4Si/c1-3-11-33(12-4-1)45(34-13-5-2-6-14-34,35-21-15-29(16-22-35)37-25-19-31-9-7-27-41-39(31)43-37)36-23-17-30(18-24-36)38-26-20-32-10-8-28-42-40(32)44-38/h1-28H. The molecule has 0 atom stereocenters. The van der Waals surface area contributed by atoms with Crippen molar-refractivity contribution < 1.29 is 0 Å². The summed E-state index contributed by atoms with van der Waals surface area (Å²) in [6.45, 7) is 0. The lowest BCUT2D eigenvalue weighted by Gasteiger charge is -2.34. The Morgan fingerprint density at radius 1 is 0.333 bits per heavy atom. The Balaban J connectivity index is 1.28. The highest BCUT2D eigenvalue weighted by atomic mass is 28.3. The number of nitrogens with zero attached hydrogens (tertiary/aromatic N) is 4. The number of hydrogen-bond donors (Lipinski definition) is 0. The van der Waals surface area contributed by atoms with E-state index in [0.717, 1.165) is 44.6 Å². The van der Waals surface area contributed by atoms with Crippen LogP contribution in [0, 0.1) is 0 Å². The molecule has 0 spiro atoms. The van der Waals surface area contributed by atoms with Crippen molar-refractivity contribution in [2.45, 2.75) is 0 Å². The molecule has 5 heteroatoms. The third-order valence-electron chi connectivity index (χ3n) is 8.57. The van der Waals surface area contributed by atoms with Gasteiger partial charge in [-0.1, -0.05) is 109 Å². The predicted octanol–water partition coefficient (Wildman–Crippen LogP) is 6.28. The van der Waals surface area contributed by atoms with Crippen molar-refractivity contribution in [2.24, 2.45) is 0 Å². The Hall–Kier alpha value is -5.78. The highest BCUT2D eigenvalue weighted by Crippen LogP contribution is 2.22. The molecule has 4 nitrogen and oxygen atoms in total. The van der Waals surface area contributed by atoms with E-state index in [0.29, 0.717) is 0 Å². The zero-order valence-electron chi connectivity index (χ0n) is 24.5. The Kier molecular flexibility index (Phi) is 6.78. The second kappa shape index (κ2) is 11.4. The van der Waals surface area contributed by atoms with Crippen molar-refractivity contribution in [1.82, 2.24) is 19.9 Å². The third kappa shape index (κ3) is 4.80.